The Morgan fingerprint density at radius 1 is 1.09 bits per heavy atom. The molecule has 6 atom stereocenters. The number of phenols is 1. The van der Waals surface area contributed by atoms with E-state index in [-0.39, 0.29) is 18.1 Å². The third-order valence-electron chi connectivity index (χ3n) is 7.52. The van der Waals surface area contributed by atoms with Crippen molar-refractivity contribution < 1.29 is 38.8 Å². The number of aromatic hydroxyl groups is 1. The first-order chi connectivity index (χ1) is 15.3. The Bertz CT molecular complexity index is 969. The fourth-order valence-electron chi connectivity index (χ4n) is 6.12. The third-order valence-corrected chi connectivity index (χ3v) is 7.52. The van der Waals surface area contributed by atoms with E-state index in [0.29, 0.717) is 17.5 Å². The summed E-state index contributed by atoms with van der Waals surface area (Å²) in [5.41, 5.74) is -0.739. The number of benzene rings is 1. The SMILES string of the molecule is COC(=O)[C@]1(C)CC[C@H](OC(C)=O)[C@]2(C)c3c(O)cc(C(C)C)cc3[C@H](O)[C@@H](OC(C)=O)[C@@H]21. The molecule has 2 aliphatic rings. The highest BCUT2D eigenvalue weighted by atomic mass is 16.6. The number of methoxy groups -OCH3 is 1. The highest BCUT2D eigenvalue weighted by Gasteiger charge is 2.67. The van der Waals surface area contributed by atoms with Gasteiger partial charge in [-0.15, -0.1) is 0 Å². The molecule has 1 aromatic rings. The second-order valence-corrected chi connectivity index (χ2v) is 9.98. The molecule has 2 N–H and O–H groups in total. The molecule has 0 aliphatic heterocycles. The quantitative estimate of drug-likeness (QED) is 0.517. The Labute approximate surface area is 194 Å². The summed E-state index contributed by atoms with van der Waals surface area (Å²) in [6.45, 7) is 9.96. The van der Waals surface area contributed by atoms with Crippen molar-refractivity contribution in [2.75, 3.05) is 7.11 Å². The molecule has 8 heteroatoms. The summed E-state index contributed by atoms with van der Waals surface area (Å²) in [6, 6.07) is 3.43. The lowest BCUT2D eigenvalue weighted by Crippen LogP contribution is -2.65. The number of esters is 3. The highest BCUT2D eigenvalue weighted by molar-refractivity contribution is 5.78. The van der Waals surface area contributed by atoms with Crippen molar-refractivity contribution in [3.8, 4) is 5.75 Å². The number of aliphatic hydroxyl groups excluding tert-OH is 1. The lowest BCUT2D eigenvalue weighted by Gasteiger charge is -2.59. The minimum atomic E-state index is -1.30. The van der Waals surface area contributed by atoms with Gasteiger partial charge in [-0.05, 0) is 42.9 Å². The van der Waals surface area contributed by atoms with Crippen LogP contribution in [0, 0.1) is 11.3 Å². The van der Waals surface area contributed by atoms with Crippen LogP contribution >= 0.6 is 0 Å². The van der Waals surface area contributed by atoms with Crippen molar-refractivity contribution in [1.29, 1.82) is 0 Å². The number of hydrogen-bond donors (Lipinski definition) is 2. The molecule has 2 aliphatic carbocycles. The van der Waals surface area contributed by atoms with Gasteiger partial charge in [0, 0.05) is 30.7 Å². The lowest BCUT2D eigenvalue weighted by atomic mass is 9.47. The van der Waals surface area contributed by atoms with Crippen LogP contribution in [0.4, 0.5) is 0 Å². The molecule has 33 heavy (non-hydrogen) atoms. The smallest absolute Gasteiger partial charge is 0.311 e. The van der Waals surface area contributed by atoms with Gasteiger partial charge in [-0.25, -0.2) is 0 Å². The van der Waals surface area contributed by atoms with E-state index in [0.717, 1.165) is 5.56 Å². The molecule has 0 spiro atoms. The van der Waals surface area contributed by atoms with Gasteiger partial charge in [0.25, 0.3) is 0 Å². The van der Waals surface area contributed by atoms with E-state index in [4.69, 9.17) is 14.2 Å². The zero-order valence-electron chi connectivity index (χ0n) is 20.3. The molecule has 0 amide bonds. The first kappa shape index (κ1) is 25.0. The summed E-state index contributed by atoms with van der Waals surface area (Å²) in [4.78, 5) is 37.2. The molecule has 0 aromatic heterocycles. The van der Waals surface area contributed by atoms with Crippen LogP contribution in [0.1, 0.15) is 83.1 Å². The van der Waals surface area contributed by atoms with Gasteiger partial charge in [-0.3, -0.25) is 14.4 Å². The summed E-state index contributed by atoms with van der Waals surface area (Å²) >= 11 is 0. The van der Waals surface area contributed by atoms with Crippen LogP contribution < -0.4 is 0 Å². The van der Waals surface area contributed by atoms with E-state index in [1.165, 1.54) is 21.0 Å². The van der Waals surface area contributed by atoms with E-state index in [1.54, 1.807) is 26.0 Å². The largest absolute Gasteiger partial charge is 0.508 e. The Morgan fingerprint density at radius 3 is 2.21 bits per heavy atom. The lowest BCUT2D eigenvalue weighted by molar-refractivity contribution is -0.204. The standard InChI is InChI=1S/C25H34O8/c1-12(2)15-10-16-19(17(28)11-15)25(6)18(32-13(3)26)8-9-24(5,23(30)31-7)22(25)21(20(16)29)33-14(4)27/h10-12,18,20-22,28-29H,8-9H2,1-7H3/t18-,20-,21+,22+,24+,25+/m0/s1. The van der Waals surface area contributed by atoms with Gasteiger partial charge in [0.2, 0.25) is 0 Å². The van der Waals surface area contributed by atoms with Crippen LogP contribution in [0.25, 0.3) is 0 Å². The number of phenolic OH excluding ortho intramolecular Hbond substituents is 1. The van der Waals surface area contributed by atoms with Crippen LogP contribution in [-0.2, 0) is 34.0 Å². The Morgan fingerprint density at radius 2 is 1.70 bits per heavy atom. The van der Waals surface area contributed by atoms with E-state index in [2.05, 4.69) is 0 Å². The molecule has 0 bridgehead atoms. The predicted molar refractivity (Wildman–Crippen MR) is 118 cm³/mol. The predicted octanol–water partition coefficient (Wildman–Crippen LogP) is 3.27. The summed E-state index contributed by atoms with van der Waals surface area (Å²) in [5.74, 6) is -2.48. The zero-order chi connectivity index (χ0) is 24.9. The molecule has 1 aromatic carbocycles. The van der Waals surface area contributed by atoms with Gasteiger partial charge in [0.05, 0.1) is 12.5 Å². The van der Waals surface area contributed by atoms with Gasteiger partial charge in [-0.1, -0.05) is 26.8 Å². The maximum atomic E-state index is 13.1. The second-order valence-electron chi connectivity index (χ2n) is 9.98. The van der Waals surface area contributed by atoms with Crippen molar-refractivity contribution in [3.63, 3.8) is 0 Å². The average Bonchev–Trinajstić information content (AvgIpc) is 2.72. The van der Waals surface area contributed by atoms with Gasteiger partial charge >= 0.3 is 17.9 Å². The van der Waals surface area contributed by atoms with Crippen LogP contribution in [0.15, 0.2) is 12.1 Å². The minimum absolute atomic E-state index is 0.0575. The first-order valence-electron chi connectivity index (χ1n) is 11.3. The number of aliphatic hydroxyl groups is 1. The van der Waals surface area contributed by atoms with E-state index < -0.39 is 53.0 Å². The van der Waals surface area contributed by atoms with Crippen molar-refractivity contribution >= 4 is 17.9 Å². The summed E-state index contributed by atoms with van der Waals surface area (Å²) in [6.07, 6.45) is -2.54. The van der Waals surface area contributed by atoms with Crippen molar-refractivity contribution in [1.82, 2.24) is 0 Å². The molecule has 1 fully saturated rings. The molecule has 0 unspecified atom stereocenters. The first-order valence-corrected chi connectivity index (χ1v) is 11.3. The van der Waals surface area contributed by atoms with E-state index >= 15 is 0 Å². The molecule has 1 saturated carbocycles. The van der Waals surface area contributed by atoms with Gasteiger partial charge < -0.3 is 24.4 Å². The zero-order valence-corrected chi connectivity index (χ0v) is 20.3. The fourth-order valence-corrected chi connectivity index (χ4v) is 6.12. The number of ether oxygens (including phenoxy) is 3. The molecule has 0 saturated heterocycles. The number of fused-ring (bicyclic) bond motifs is 3. The highest BCUT2D eigenvalue weighted by Crippen LogP contribution is 2.62. The topological polar surface area (TPSA) is 119 Å². The number of rotatable bonds is 4. The van der Waals surface area contributed by atoms with E-state index in [9.17, 15) is 24.6 Å². The summed E-state index contributed by atoms with van der Waals surface area (Å²) in [7, 11) is 1.28. The summed E-state index contributed by atoms with van der Waals surface area (Å²) < 4.78 is 16.5. The van der Waals surface area contributed by atoms with Gasteiger partial charge in [-0.2, -0.15) is 0 Å². The molecule has 8 nitrogen and oxygen atoms in total. The van der Waals surface area contributed by atoms with E-state index in [1.807, 2.05) is 13.8 Å². The fraction of sp³-hybridized carbons (Fsp3) is 0.640. The molecular formula is C25H34O8. The molecule has 0 heterocycles. The Hall–Kier alpha value is -2.61. The summed E-state index contributed by atoms with van der Waals surface area (Å²) in [5, 5.41) is 22.7. The van der Waals surface area contributed by atoms with Crippen molar-refractivity contribution in [3.05, 3.63) is 28.8 Å². The van der Waals surface area contributed by atoms with Crippen LogP contribution in [0.2, 0.25) is 0 Å². The third kappa shape index (κ3) is 3.88. The normalized spacial score (nSPS) is 33.0. The molecule has 3 rings (SSSR count). The molecular weight excluding hydrogens is 428 g/mol. The van der Waals surface area contributed by atoms with Crippen LogP contribution in [-0.4, -0.2) is 47.4 Å². The van der Waals surface area contributed by atoms with Gasteiger partial charge in [0.15, 0.2) is 0 Å². The maximum absolute atomic E-state index is 13.1. The van der Waals surface area contributed by atoms with Gasteiger partial charge in [0.1, 0.15) is 24.1 Å². The molecule has 182 valence electrons. The second kappa shape index (κ2) is 8.63. The van der Waals surface area contributed by atoms with Crippen LogP contribution in [0.5, 0.6) is 5.75 Å². The number of carbonyl (C=O) groups is 3. The monoisotopic (exact) mass is 462 g/mol. The minimum Gasteiger partial charge on any atom is -0.508 e. The van der Waals surface area contributed by atoms with Crippen molar-refractivity contribution in [2.45, 2.75) is 84.0 Å². The Kier molecular flexibility index (Phi) is 6.54. The van der Waals surface area contributed by atoms with Crippen LogP contribution in [0.3, 0.4) is 0 Å². The molecule has 0 radical (unpaired) electrons. The van der Waals surface area contributed by atoms with Crippen molar-refractivity contribution in [2.24, 2.45) is 11.3 Å². The number of hydrogen-bond acceptors (Lipinski definition) is 8. The number of carbonyl (C=O) groups excluding carboxylic acids is 3. The average molecular weight is 463 g/mol. The maximum Gasteiger partial charge on any atom is 0.311 e. The Balaban J connectivity index is 2.39.